The summed E-state index contributed by atoms with van der Waals surface area (Å²) in [5.41, 5.74) is -1.51. The van der Waals surface area contributed by atoms with Crippen LogP contribution in [0.15, 0.2) is 51.0 Å². The van der Waals surface area contributed by atoms with Crippen molar-refractivity contribution in [3.05, 3.63) is 73.2 Å². The molecule has 1 spiro atoms. The van der Waals surface area contributed by atoms with Gasteiger partial charge in [-0.3, -0.25) is 19.2 Å². The number of amides is 1. The molecule has 3 aliphatic rings. The zero-order valence-corrected chi connectivity index (χ0v) is 22.5. The van der Waals surface area contributed by atoms with E-state index >= 15 is 0 Å². The van der Waals surface area contributed by atoms with Gasteiger partial charge in [0.2, 0.25) is 23.1 Å². The molecule has 3 heterocycles. The number of halogens is 2. The molecular weight excluding hydrogens is 549 g/mol. The lowest BCUT2D eigenvalue weighted by Crippen LogP contribution is -2.59. The number of allylic oxidation sites excluding steroid dienone is 1. The van der Waals surface area contributed by atoms with Gasteiger partial charge >= 0.3 is 0 Å². The third kappa shape index (κ3) is 3.46. The first-order valence-electron chi connectivity index (χ1n) is 12.1. The van der Waals surface area contributed by atoms with Crippen LogP contribution in [0.2, 0.25) is 10.0 Å². The maximum Gasteiger partial charge on any atom is 0.236 e. The van der Waals surface area contributed by atoms with Gasteiger partial charge in [-0.15, -0.1) is 0 Å². The van der Waals surface area contributed by atoms with Gasteiger partial charge in [0.1, 0.15) is 27.7 Å². The first-order chi connectivity index (χ1) is 18.6. The molecule has 39 heavy (non-hydrogen) atoms. The minimum Gasteiger partial charge on any atom is -0.496 e. The number of hydrogen-bond donors (Lipinski definition) is 1. The molecule has 2 aliphatic heterocycles. The summed E-state index contributed by atoms with van der Waals surface area (Å²) in [5, 5.41) is 3.34. The number of methoxy groups -OCH3 is 2. The molecule has 2 aromatic carbocycles. The molecule has 1 N–H and O–H groups in total. The number of hydrogen-bond acceptors (Lipinski definition) is 8. The third-order valence-corrected chi connectivity index (χ3v) is 8.29. The number of rotatable bonds is 3. The van der Waals surface area contributed by atoms with Gasteiger partial charge in [-0.1, -0.05) is 30.1 Å². The Morgan fingerprint density at radius 3 is 2.46 bits per heavy atom. The van der Waals surface area contributed by atoms with Crippen LogP contribution < -0.4 is 25.0 Å². The first-order valence-corrected chi connectivity index (χ1v) is 12.8. The Labute approximate surface area is 231 Å². The highest BCUT2D eigenvalue weighted by Gasteiger charge is 2.63. The number of Topliss-reactive ketones (excluding diaryl/α,β-unsaturated/α-hetero) is 2. The molecule has 1 aliphatic carbocycles. The van der Waals surface area contributed by atoms with Gasteiger partial charge in [0.25, 0.3) is 0 Å². The summed E-state index contributed by atoms with van der Waals surface area (Å²) in [4.78, 5) is 54.8. The van der Waals surface area contributed by atoms with Crippen molar-refractivity contribution in [2.45, 2.75) is 31.3 Å². The van der Waals surface area contributed by atoms with Crippen LogP contribution in [0.5, 0.6) is 17.2 Å². The zero-order valence-electron chi connectivity index (χ0n) is 21.0. The Hall–Kier alpha value is -3.82. The van der Waals surface area contributed by atoms with E-state index in [2.05, 4.69) is 5.32 Å². The standard InChI is InChI=1S/C28H21Cl2NO8/c1-11-6-16-21(13(8-20(32)31-16)15-10-38-17-5-4-12(29)7-14(17)24(15)33)26(34)28(11)27(35)22-18(36-2)9-19(37-3)23(30)25(22)39-28/h4-5,7,9-11,13H,6,8H2,1-3H3,(H,31,32)/t11-,13+,28+/m1/s1. The second-order valence-electron chi connectivity index (χ2n) is 9.76. The Morgan fingerprint density at radius 1 is 1.00 bits per heavy atom. The molecule has 1 aromatic heterocycles. The SMILES string of the molecule is COc1cc(OC)c2c(c1Cl)O[C@@]1(C(=O)C3=C(C[C@H]1C)NC(=O)C[C@H]3c1coc3ccc(Cl)cc3c1=O)C2=O. The van der Waals surface area contributed by atoms with Crippen LogP contribution in [0, 0.1) is 5.92 Å². The maximum atomic E-state index is 14.4. The molecule has 6 rings (SSSR count). The van der Waals surface area contributed by atoms with E-state index in [9.17, 15) is 19.2 Å². The Bertz CT molecular complexity index is 1720. The van der Waals surface area contributed by atoms with Crippen LogP contribution in [0.1, 0.15) is 41.6 Å². The van der Waals surface area contributed by atoms with E-state index in [-0.39, 0.29) is 63.1 Å². The third-order valence-electron chi connectivity index (χ3n) is 7.69. The number of carbonyl (C=O) groups excluding carboxylic acids is 3. The fourth-order valence-electron chi connectivity index (χ4n) is 5.81. The molecule has 0 fully saturated rings. The van der Waals surface area contributed by atoms with E-state index in [0.717, 1.165) is 0 Å². The number of ether oxygens (including phenoxy) is 3. The van der Waals surface area contributed by atoms with Crippen molar-refractivity contribution in [3.8, 4) is 17.2 Å². The molecule has 0 saturated carbocycles. The van der Waals surface area contributed by atoms with Crippen molar-refractivity contribution in [1.29, 1.82) is 0 Å². The molecule has 9 nitrogen and oxygen atoms in total. The first kappa shape index (κ1) is 25.5. The highest BCUT2D eigenvalue weighted by atomic mass is 35.5. The smallest absolute Gasteiger partial charge is 0.236 e. The van der Waals surface area contributed by atoms with Gasteiger partial charge in [-0.05, 0) is 24.6 Å². The Balaban J connectivity index is 1.53. The molecule has 0 saturated heterocycles. The minimum absolute atomic E-state index is 0.0154. The van der Waals surface area contributed by atoms with Crippen molar-refractivity contribution in [1.82, 2.24) is 5.32 Å². The Morgan fingerprint density at radius 2 is 1.74 bits per heavy atom. The fraction of sp³-hybridized carbons (Fsp3) is 0.286. The quantitative estimate of drug-likeness (QED) is 0.454. The van der Waals surface area contributed by atoms with E-state index in [4.69, 9.17) is 41.8 Å². The molecule has 11 heteroatoms. The molecule has 1 amide bonds. The second-order valence-corrected chi connectivity index (χ2v) is 10.6. The summed E-state index contributed by atoms with van der Waals surface area (Å²) in [6, 6.07) is 6.08. The van der Waals surface area contributed by atoms with Crippen molar-refractivity contribution < 1.29 is 33.0 Å². The number of carbonyl (C=O) groups is 3. The van der Waals surface area contributed by atoms with Crippen molar-refractivity contribution in [2.24, 2.45) is 5.92 Å². The lowest BCUT2D eigenvalue weighted by atomic mass is 9.66. The van der Waals surface area contributed by atoms with Crippen LogP contribution in [0.4, 0.5) is 0 Å². The normalized spacial score (nSPS) is 24.0. The lowest BCUT2D eigenvalue weighted by Gasteiger charge is -2.41. The summed E-state index contributed by atoms with van der Waals surface area (Å²) in [7, 11) is 2.79. The lowest BCUT2D eigenvalue weighted by molar-refractivity contribution is -0.131. The number of fused-ring (bicyclic) bond motifs is 2. The number of ketones is 2. The molecule has 3 atom stereocenters. The van der Waals surface area contributed by atoms with Crippen molar-refractivity contribution in [3.63, 3.8) is 0 Å². The average molecular weight is 570 g/mol. The monoisotopic (exact) mass is 569 g/mol. The van der Waals surface area contributed by atoms with Crippen LogP contribution in [0.3, 0.4) is 0 Å². The van der Waals surface area contributed by atoms with Gasteiger partial charge in [0.05, 0.1) is 25.9 Å². The van der Waals surface area contributed by atoms with E-state index in [1.54, 1.807) is 19.1 Å². The van der Waals surface area contributed by atoms with Crippen LogP contribution in [-0.4, -0.2) is 37.3 Å². The van der Waals surface area contributed by atoms with Gasteiger partial charge in [0, 0.05) is 46.2 Å². The molecule has 200 valence electrons. The maximum absolute atomic E-state index is 14.4. The zero-order chi connectivity index (χ0) is 27.8. The van der Waals surface area contributed by atoms with Gasteiger partial charge < -0.3 is 23.9 Å². The molecule has 0 unspecified atom stereocenters. The summed E-state index contributed by atoms with van der Waals surface area (Å²) in [6.07, 6.45) is 1.18. The predicted octanol–water partition coefficient (Wildman–Crippen LogP) is 4.60. The molecule has 0 radical (unpaired) electrons. The largest absolute Gasteiger partial charge is 0.496 e. The van der Waals surface area contributed by atoms with E-state index in [1.807, 2.05) is 0 Å². The highest BCUT2D eigenvalue weighted by molar-refractivity contribution is 6.36. The number of nitrogens with one attached hydrogen (secondary N) is 1. The van der Waals surface area contributed by atoms with Gasteiger partial charge in [-0.25, -0.2) is 0 Å². The fourth-order valence-corrected chi connectivity index (χ4v) is 6.25. The molecule has 3 aromatic rings. The van der Waals surface area contributed by atoms with E-state index in [1.165, 1.54) is 32.6 Å². The second kappa shape index (κ2) is 8.86. The van der Waals surface area contributed by atoms with Gasteiger partial charge in [-0.2, -0.15) is 0 Å². The van der Waals surface area contributed by atoms with E-state index < -0.39 is 34.4 Å². The highest BCUT2D eigenvalue weighted by Crippen LogP contribution is 2.55. The summed E-state index contributed by atoms with van der Waals surface area (Å²) in [6.45, 7) is 1.69. The van der Waals surface area contributed by atoms with Crippen molar-refractivity contribution >= 4 is 51.6 Å². The van der Waals surface area contributed by atoms with Crippen LogP contribution in [-0.2, 0) is 9.59 Å². The summed E-state index contributed by atoms with van der Waals surface area (Å²) < 4.78 is 22.6. The summed E-state index contributed by atoms with van der Waals surface area (Å²) in [5.74, 6) is -2.97. The number of benzene rings is 2. The van der Waals surface area contributed by atoms with Crippen LogP contribution in [0.25, 0.3) is 11.0 Å². The molecular formula is C28H21Cl2NO8. The van der Waals surface area contributed by atoms with Crippen molar-refractivity contribution in [2.75, 3.05) is 14.2 Å². The van der Waals surface area contributed by atoms with Crippen LogP contribution >= 0.6 is 23.2 Å². The van der Waals surface area contributed by atoms with E-state index in [0.29, 0.717) is 16.3 Å². The minimum atomic E-state index is -1.98. The average Bonchev–Trinajstić information content (AvgIpc) is 3.22. The van der Waals surface area contributed by atoms with Gasteiger partial charge in [0.15, 0.2) is 11.2 Å². The Kier molecular flexibility index (Phi) is 5.78. The predicted molar refractivity (Wildman–Crippen MR) is 141 cm³/mol. The summed E-state index contributed by atoms with van der Waals surface area (Å²) >= 11 is 12.6. The molecule has 0 bridgehead atoms. The topological polar surface area (TPSA) is 121 Å².